The molecule has 2 aromatic rings. The molecule has 2 N–H and O–H groups in total. The third-order valence-corrected chi connectivity index (χ3v) is 4.52. The van der Waals surface area contributed by atoms with Gasteiger partial charge in [-0.3, -0.25) is 9.48 Å². The second-order valence-corrected chi connectivity index (χ2v) is 6.19. The number of nitrogens with one attached hydrogen (secondary N) is 2. The molecule has 2 aromatic heterocycles. The summed E-state index contributed by atoms with van der Waals surface area (Å²) in [6.07, 6.45) is 4.14. The molecule has 1 unspecified atom stereocenters. The van der Waals surface area contributed by atoms with Crippen LogP contribution in [0.25, 0.3) is 0 Å². The van der Waals surface area contributed by atoms with E-state index in [0.717, 1.165) is 36.6 Å². The minimum absolute atomic E-state index is 0.148. The maximum absolute atomic E-state index is 12.1. The number of piperidine rings is 1. The van der Waals surface area contributed by atoms with E-state index in [1.165, 1.54) is 0 Å². The lowest BCUT2D eigenvalue weighted by Gasteiger charge is -2.22. The summed E-state index contributed by atoms with van der Waals surface area (Å²) in [6.45, 7) is 4.39. The van der Waals surface area contributed by atoms with Crippen LogP contribution in [0.4, 0.5) is 0 Å². The molecule has 0 saturated carbocycles. The maximum atomic E-state index is 12.1. The number of rotatable bonds is 4. The molecule has 0 aliphatic carbocycles. The zero-order chi connectivity index (χ0) is 14.7. The van der Waals surface area contributed by atoms with Crippen molar-refractivity contribution < 1.29 is 4.79 Å². The van der Waals surface area contributed by atoms with E-state index in [4.69, 9.17) is 0 Å². The van der Waals surface area contributed by atoms with Gasteiger partial charge in [0, 0.05) is 23.8 Å². The molecule has 0 radical (unpaired) electrons. The molecular formula is C14H19N5OS. The van der Waals surface area contributed by atoms with Crippen molar-refractivity contribution in [2.24, 2.45) is 0 Å². The SMILES string of the molecule is Cc1csc(CNC(=O)c2ccn(C3CCCNC3)n2)n1. The molecule has 1 fully saturated rings. The Bertz CT molecular complexity index is 614. The quantitative estimate of drug-likeness (QED) is 0.898. The van der Waals surface area contributed by atoms with E-state index in [1.54, 1.807) is 17.4 Å². The fourth-order valence-corrected chi connectivity index (χ4v) is 3.16. The predicted octanol–water partition coefficient (Wildman–Crippen LogP) is 1.50. The minimum atomic E-state index is -0.148. The lowest BCUT2D eigenvalue weighted by Crippen LogP contribution is -2.32. The molecule has 3 rings (SSSR count). The van der Waals surface area contributed by atoms with Crippen molar-refractivity contribution in [2.45, 2.75) is 32.4 Å². The average molecular weight is 305 g/mol. The number of amides is 1. The van der Waals surface area contributed by atoms with Gasteiger partial charge >= 0.3 is 0 Å². The van der Waals surface area contributed by atoms with E-state index in [0.29, 0.717) is 18.3 Å². The normalized spacial score (nSPS) is 18.6. The minimum Gasteiger partial charge on any atom is -0.344 e. The third-order valence-electron chi connectivity index (χ3n) is 3.55. The Hall–Kier alpha value is -1.73. The number of nitrogens with zero attached hydrogens (tertiary/aromatic N) is 3. The highest BCUT2D eigenvalue weighted by Gasteiger charge is 2.17. The van der Waals surface area contributed by atoms with Crippen molar-refractivity contribution in [2.75, 3.05) is 13.1 Å². The molecule has 3 heterocycles. The molecule has 21 heavy (non-hydrogen) atoms. The van der Waals surface area contributed by atoms with Crippen molar-refractivity contribution >= 4 is 17.2 Å². The van der Waals surface area contributed by atoms with E-state index in [-0.39, 0.29) is 5.91 Å². The second kappa shape index (κ2) is 6.36. The summed E-state index contributed by atoms with van der Waals surface area (Å²) < 4.78 is 1.90. The first-order valence-electron chi connectivity index (χ1n) is 7.17. The smallest absolute Gasteiger partial charge is 0.272 e. The van der Waals surface area contributed by atoms with E-state index in [9.17, 15) is 4.79 Å². The number of aryl methyl sites for hydroxylation is 1. The van der Waals surface area contributed by atoms with Crippen LogP contribution < -0.4 is 10.6 Å². The lowest BCUT2D eigenvalue weighted by molar-refractivity contribution is 0.0944. The number of hydrogen-bond acceptors (Lipinski definition) is 5. The van der Waals surface area contributed by atoms with Gasteiger partial charge in [0.25, 0.3) is 5.91 Å². The van der Waals surface area contributed by atoms with Gasteiger partial charge in [0.05, 0.1) is 12.6 Å². The van der Waals surface area contributed by atoms with Crippen molar-refractivity contribution in [3.63, 3.8) is 0 Å². The summed E-state index contributed by atoms with van der Waals surface area (Å²) in [4.78, 5) is 16.4. The van der Waals surface area contributed by atoms with E-state index in [1.807, 2.05) is 23.2 Å². The predicted molar refractivity (Wildman–Crippen MR) is 81.4 cm³/mol. The topological polar surface area (TPSA) is 71.8 Å². The zero-order valence-corrected chi connectivity index (χ0v) is 12.8. The van der Waals surface area contributed by atoms with Gasteiger partial charge in [-0.15, -0.1) is 11.3 Å². The molecule has 7 heteroatoms. The highest BCUT2D eigenvalue weighted by atomic mass is 32.1. The Morgan fingerprint density at radius 2 is 2.52 bits per heavy atom. The van der Waals surface area contributed by atoms with Gasteiger partial charge in [-0.05, 0) is 32.4 Å². The highest BCUT2D eigenvalue weighted by Crippen LogP contribution is 2.15. The Labute approximate surface area is 127 Å². The van der Waals surface area contributed by atoms with Crippen LogP contribution >= 0.6 is 11.3 Å². The van der Waals surface area contributed by atoms with Gasteiger partial charge in [-0.2, -0.15) is 5.10 Å². The Kier molecular flexibility index (Phi) is 4.31. The largest absolute Gasteiger partial charge is 0.344 e. The average Bonchev–Trinajstić information content (AvgIpc) is 3.15. The van der Waals surface area contributed by atoms with Crippen LogP contribution in [0.5, 0.6) is 0 Å². The molecule has 1 saturated heterocycles. The van der Waals surface area contributed by atoms with Gasteiger partial charge in [-0.1, -0.05) is 0 Å². The summed E-state index contributed by atoms with van der Waals surface area (Å²) in [5, 5.41) is 13.5. The van der Waals surface area contributed by atoms with E-state index < -0.39 is 0 Å². The summed E-state index contributed by atoms with van der Waals surface area (Å²) in [5.41, 5.74) is 1.45. The molecule has 112 valence electrons. The van der Waals surface area contributed by atoms with Crippen molar-refractivity contribution in [1.82, 2.24) is 25.4 Å². The van der Waals surface area contributed by atoms with Crippen LogP contribution in [0.1, 0.15) is 40.1 Å². The Morgan fingerprint density at radius 1 is 1.62 bits per heavy atom. The second-order valence-electron chi connectivity index (χ2n) is 5.25. The van der Waals surface area contributed by atoms with Crippen LogP contribution in [-0.2, 0) is 6.54 Å². The molecule has 6 nitrogen and oxygen atoms in total. The fraction of sp³-hybridized carbons (Fsp3) is 0.500. The van der Waals surface area contributed by atoms with Crippen molar-refractivity contribution in [1.29, 1.82) is 0 Å². The number of thiazole rings is 1. The van der Waals surface area contributed by atoms with E-state index in [2.05, 4.69) is 20.7 Å². The van der Waals surface area contributed by atoms with Gasteiger partial charge in [0.2, 0.25) is 0 Å². The molecule has 1 aliphatic heterocycles. The number of aromatic nitrogens is 3. The van der Waals surface area contributed by atoms with Crippen LogP contribution in [0.15, 0.2) is 17.6 Å². The van der Waals surface area contributed by atoms with Gasteiger partial charge in [0.15, 0.2) is 0 Å². The summed E-state index contributed by atoms with van der Waals surface area (Å²) >= 11 is 1.55. The van der Waals surface area contributed by atoms with E-state index >= 15 is 0 Å². The Morgan fingerprint density at radius 3 is 3.24 bits per heavy atom. The first-order chi connectivity index (χ1) is 10.2. The number of hydrogen-bond donors (Lipinski definition) is 2. The van der Waals surface area contributed by atoms with Gasteiger partial charge < -0.3 is 10.6 Å². The monoisotopic (exact) mass is 305 g/mol. The molecule has 1 aliphatic rings. The first-order valence-corrected chi connectivity index (χ1v) is 8.05. The molecule has 0 spiro atoms. The van der Waals surface area contributed by atoms with Crippen LogP contribution in [-0.4, -0.2) is 33.8 Å². The van der Waals surface area contributed by atoms with Crippen molar-refractivity contribution in [3.05, 3.63) is 34.0 Å². The van der Waals surface area contributed by atoms with Gasteiger partial charge in [-0.25, -0.2) is 4.98 Å². The zero-order valence-electron chi connectivity index (χ0n) is 12.0. The van der Waals surface area contributed by atoms with Crippen LogP contribution in [0.3, 0.4) is 0 Å². The van der Waals surface area contributed by atoms with Crippen LogP contribution in [0, 0.1) is 6.92 Å². The molecule has 0 aromatic carbocycles. The Balaban J connectivity index is 1.58. The summed E-state index contributed by atoms with van der Waals surface area (Å²) in [6, 6.07) is 2.12. The lowest BCUT2D eigenvalue weighted by atomic mass is 10.1. The molecule has 0 bridgehead atoms. The highest BCUT2D eigenvalue weighted by molar-refractivity contribution is 7.09. The summed E-state index contributed by atoms with van der Waals surface area (Å²) in [5.74, 6) is -0.148. The molecule has 1 atom stereocenters. The standard InChI is InChI=1S/C14H19N5OS/c1-10-9-21-13(17-10)8-16-14(20)12-4-6-19(18-12)11-3-2-5-15-7-11/h4,6,9,11,15H,2-3,5,7-8H2,1H3,(H,16,20). The summed E-state index contributed by atoms with van der Waals surface area (Å²) in [7, 11) is 0. The number of carbonyl (C=O) groups excluding carboxylic acids is 1. The maximum Gasteiger partial charge on any atom is 0.272 e. The third kappa shape index (κ3) is 3.48. The van der Waals surface area contributed by atoms with Crippen molar-refractivity contribution in [3.8, 4) is 0 Å². The van der Waals surface area contributed by atoms with Gasteiger partial charge in [0.1, 0.15) is 10.7 Å². The number of carbonyl (C=O) groups is 1. The first kappa shape index (κ1) is 14.2. The molecule has 1 amide bonds. The van der Waals surface area contributed by atoms with Crippen LogP contribution in [0.2, 0.25) is 0 Å². The fourth-order valence-electron chi connectivity index (χ4n) is 2.45. The molecular weight excluding hydrogens is 286 g/mol.